The number of nitrogens with one attached hydrogen (secondary N) is 3. The van der Waals surface area contributed by atoms with Gasteiger partial charge in [-0.25, -0.2) is 14.6 Å². The summed E-state index contributed by atoms with van der Waals surface area (Å²) in [6.07, 6.45) is 0.374. The van der Waals surface area contributed by atoms with Crippen molar-refractivity contribution in [1.82, 2.24) is 20.9 Å². The summed E-state index contributed by atoms with van der Waals surface area (Å²) in [5.41, 5.74) is 0.653. The highest BCUT2D eigenvalue weighted by molar-refractivity contribution is 7.13. The van der Waals surface area contributed by atoms with E-state index in [2.05, 4.69) is 39.8 Å². The highest BCUT2D eigenvalue weighted by atomic mass is 32.1. The summed E-state index contributed by atoms with van der Waals surface area (Å²) < 4.78 is 10.1. The van der Waals surface area contributed by atoms with E-state index in [4.69, 9.17) is 9.47 Å². The molecule has 0 saturated heterocycles. The molecule has 1 amide bonds. The van der Waals surface area contributed by atoms with E-state index in [1.54, 1.807) is 27.8 Å². The van der Waals surface area contributed by atoms with Gasteiger partial charge in [0.1, 0.15) is 9.88 Å². The van der Waals surface area contributed by atoms with Crippen molar-refractivity contribution in [2.45, 2.75) is 60.0 Å². The molecule has 3 N–H and O–H groups in total. The number of carbonyl (C=O) groups is 2. The Morgan fingerprint density at radius 3 is 2.37 bits per heavy atom. The van der Waals surface area contributed by atoms with Crippen molar-refractivity contribution in [1.29, 1.82) is 0 Å². The Morgan fingerprint density at radius 2 is 1.80 bits per heavy atom. The van der Waals surface area contributed by atoms with Gasteiger partial charge in [-0.2, -0.15) is 0 Å². The van der Waals surface area contributed by atoms with Crippen LogP contribution in [0.2, 0.25) is 0 Å². The molecule has 1 rings (SSSR count). The molecule has 0 saturated carbocycles. The number of amides is 1. The van der Waals surface area contributed by atoms with Gasteiger partial charge in [0.25, 0.3) is 0 Å². The zero-order valence-electron chi connectivity index (χ0n) is 19.0. The van der Waals surface area contributed by atoms with E-state index in [1.807, 2.05) is 6.92 Å². The van der Waals surface area contributed by atoms with Crippen LogP contribution in [0.3, 0.4) is 0 Å². The van der Waals surface area contributed by atoms with Crippen LogP contribution < -0.4 is 16.0 Å². The lowest BCUT2D eigenvalue weighted by Gasteiger charge is -2.23. The first kappa shape index (κ1) is 25.7. The smallest absolute Gasteiger partial charge is 0.407 e. The minimum absolute atomic E-state index is 0.101. The van der Waals surface area contributed by atoms with E-state index >= 15 is 0 Å². The number of hydrogen-bond acceptors (Lipinski definition) is 7. The molecule has 2 atom stereocenters. The van der Waals surface area contributed by atoms with E-state index in [-0.39, 0.29) is 18.1 Å². The normalized spacial score (nSPS) is 13.5. The molecule has 0 aromatic carbocycles. The highest BCUT2D eigenvalue weighted by Gasteiger charge is 2.21. The van der Waals surface area contributed by atoms with Gasteiger partial charge in [0.2, 0.25) is 0 Å². The number of guanidine groups is 1. The second kappa shape index (κ2) is 13.0. The SMILES string of the molecule is CCOC(=O)NC(CNC(=NC)NC(C)c1nc(C)c(C(=O)OCC)s1)CC(C)C. The number of carbonyl (C=O) groups excluding carboxylic acids is 2. The third-order valence-electron chi connectivity index (χ3n) is 4.09. The quantitative estimate of drug-likeness (QED) is 0.290. The van der Waals surface area contributed by atoms with Crippen LogP contribution in [0.1, 0.15) is 67.5 Å². The zero-order chi connectivity index (χ0) is 22.7. The molecular weight excluding hydrogens is 406 g/mol. The van der Waals surface area contributed by atoms with Gasteiger partial charge in [-0.3, -0.25) is 4.99 Å². The topological polar surface area (TPSA) is 114 Å². The number of rotatable bonds is 10. The first-order chi connectivity index (χ1) is 14.2. The third-order valence-corrected chi connectivity index (χ3v) is 5.41. The molecule has 1 aromatic heterocycles. The fourth-order valence-electron chi connectivity index (χ4n) is 2.77. The van der Waals surface area contributed by atoms with Gasteiger partial charge in [-0.15, -0.1) is 11.3 Å². The largest absolute Gasteiger partial charge is 0.462 e. The minimum atomic E-state index is -0.425. The van der Waals surface area contributed by atoms with Gasteiger partial charge < -0.3 is 25.4 Å². The maximum absolute atomic E-state index is 12.0. The Bertz CT molecular complexity index is 720. The van der Waals surface area contributed by atoms with Gasteiger partial charge in [0, 0.05) is 19.6 Å². The monoisotopic (exact) mass is 441 g/mol. The molecule has 0 aliphatic rings. The van der Waals surface area contributed by atoms with Crippen LogP contribution in [0.25, 0.3) is 0 Å². The number of esters is 1. The molecule has 0 bridgehead atoms. The van der Waals surface area contributed by atoms with Gasteiger partial charge in [-0.05, 0) is 40.0 Å². The molecule has 2 unspecified atom stereocenters. The van der Waals surface area contributed by atoms with Crippen molar-refractivity contribution in [3.63, 3.8) is 0 Å². The Morgan fingerprint density at radius 1 is 1.13 bits per heavy atom. The second-order valence-corrected chi connectivity index (χ2v) is 8.23. The molecular formula is C20H35N5O4S. The number of aromatic nitrogens is 1. The summed E-state index contributed by atoms with van der Waals surface area (Å²) in [5, 5.41) is 10.2. The first-order valence-electron chi connectivity index (χ1n) is 10.3. The predicted molar refractivity (Wildman–Crippen MR) is 119 cm³/mol. The van der Waals surface area contributed by atoms with Crippen LogP contribution in [-0.2, 0) is 9.47 Å². The van der Waals surface area contributed by atoms with Crippen molar-refractivity contribution < 1.29 is 19.1 Å². The lowest BCUT2D eigenvalue weighted by molar-refractivity contribution is 0.0531. The minimum Gasteiger partial charge on any atom is -0.462 e. The fraction of sp³-hybridized carbons (Fsp3) is 0.700. The van der Waals surface area contributed by atoms with Crippen LogP contribution in [0.15, 0.2) is 4.99 Å². The van der Waals surface area contributed by atoms with Gasteiger partial charge in [0.15, 0.2) is 5.96 Å². The summed E-state index contributed by atoms with van der Waals surface area (Å²) in [4.78, 5) is 33.1. The molecule has 0 spiro atoms. The van der Waals surface area contributed by atoms with Gasteiger partial charge >= 0.3 is 12.1 Å². The average molecular weight is 442 g/mol. The third kappa shape index (κ3) is 8.56. The fourth-order valence-corrected chi connectivity index (χ4v) is 3.73. The molecule has 0 radical (unpaired) electrons. The summed E-state index contributed by atoms with van der Waals surface area (Å²) in [6.45, 7) is 12.6. The van der Waals surface area contributed by atoms with E-state index in [0.717, 1.165) is 11.4 Å². The predicted octanol–water partition coefficient (Wildman–Crippen LogP) is 3.02. The molecule has 1 heterocycles. The molecule has 10 heteroatoms. The lowest BCUT2D eigenvalue weighted by Crippen LogP contribution is -2.48. The van der Waals surface area contributed by atoms with Gasteiger partial charge in [0.05, 0.1) is 24.9 Å². The molecule has 1 aromatic rings. The van der Waals surface area contributed by atoms with Crippen molar-refractivity contribution in [3.8, 4) is 0 Å². The van der Waals surface area contributed by atoms with Crippen LogP contribution in [0.5, 0.6) is 0 Å². The molecule has 0 aliphatic heterocycles. The molecule has 0 aliphatic carbocycles. The van der Waals surface area contributed by atoms with Crippen molar-refractivity contribution in [2.24, 2.45) is 10.9 Å². The molecule has 9 nitrogen and oxygen atoms in total. The first-order valence-corrected chi connectivity index (χ1v) is 11.1. The number of ether oxygens (including phenoxy) is 2. The lowest BCUT2D eigenvalue weighted by atomic mass is 10.0. The summed E-state index contributed by atoms with van der Waals surface area (Å²) in [6, 6.07) is -0.264. The number of nitrogens with zero attached hydrogens (tertiary/aromatic N) is 2. The van der Waals surface area contributed by atoms with Crippen LogP contribution in [0.4, 0.5) is 4.79 Å². The summed E-state index contributed by atoms with van der Waals surface area (Å²) in [5.74, 6) is 0.634. The highest BCUT2D eigenvalue weighted by Crippen LogP contribution is 2.24. The number of aryl methyl sites for hydroxylation is 1. The standard InChI is InChI=1S/C20H35N5O4S/c1-8-28-18(26)16-13(5)23-17(30-16)14(6)24-19(21-7)22-11-15(10-12(3)4)25-20(27)29-9-2/h12,14-15H,8-11H2,1-7H3,(H,25,27)(H2,21,22,24). The Labute approximate surface area is 183 Å². The number of alkyl carbamates (subject to hydrolysis) is 1. The maximum Gasteiger partial charge on any atom is 0.407 e. The Kier molecular flexibility index (Phi) is 11.2. The second-order valence-electron chi connectivity index (χ2n) is 7.20. The summed E-state index contributed by atoms with van der Waals surface area (Å²) in [7, 11) is 1.68. The van der Waals surface area contributed by atoms with E-state index in [9.17, 15) is 9.59 Å². The van der Waals surface area contributed by atoms with Crippen molar-refractivity contribution in [2.75, 3.05) is 26.8 Å². The van der Waals surface area contributed by atoms with E-state index in [1.165, 1.54) is 11.3 Å². The summed E-state index contributed by atoms with van der Waals surface area (Å²) >= 11 is 1.31. The molecule has 170 valence electrons. The number of aliphatic imine (C=N–C) groups is 1. The zero-order valence-corrected chi connectivity index (χ0v) is 19.8. The van der Waals surface area contributed by atoms with Crippen LogP contribution >= 0.6 is 11.3 Å². The van der Waals surface area contributed by atoms with Gasteiger partial charge in [-0.1, -0.05) is 13.8 Å². The number of thiazole rings is 1. The Hall–Kier alpha value is -2.36. The molecule has 0 fully saturated rings. The number of hydrogen-bond donors (Lipinski definition) is 3. The molecule has 30 heavy (non-hydrogen) atoms. The van der Waals surface area contributed by atoms with Crippen LogP contribution in [0, 0.1) is 12.8 Å². The van der Waals surface area contributed by atoms with Crippen molar-refractivity contribution in [3.05, 3.63) is 15.6 Å². The Balaban J connectivity index is 2.72. The van der Waals surface area contributed by atoms with Crippen LogP contribution in [-0.4, -0.2) is 55.9 Å². The van der Waals surface area contributed by atoms with E-state index in [0.29, 0.717) is 42.2 Å². The van der Waals surface area contributed by atoms with Crippen molar-refractivity contribution >= 4 is 29.4 Å². The maximum atomic E-state index is 12.0. The van der Waals surface area contributed by atoms with E-state index < -0.39 is 6.09 Å². The average Bonchev–Trinajstić information content (AvgIpc) is 3.06.